The summed E-state index contributed by atoms with van der Waals surface area (Å²) in [5.74, 6) is 0.335. The number of carbonyl (C=O) groups excluding carboxylic acids is 1. The molecule has 1 amide bonds. The van der Waals surface area contributed by atoms with Crippen molar-refractivity contribution in [2.45, 2.75) is 12.8 Å². The first kappa shape index (κ1) is 11.0. The minimum atomic E-state index is -0.0269. The lowest BCUT2D eigenvalue weighted by molar-refractivity contribution is 0.0963. The Morgan fingerprint density at radius 1 is 1.06 bits per heavy atom. The van der Waals surface area contributed by atoms with Gasteiger partial charge in [-0.15, -0.1) is 0 Å². The third-order valence-corrected chi connectivity index (χ3v) is 3.72. The predicted octanol–water partition coefficient (Wildman–Crippen LogP) is 3.18. The van der Waals surface area contributed by atoms with Crippen molar-refractivity contribution in [2.24, 2.45) is 0 Å². The molecule has 0 heterocycles. The minimum absolute atomic E-state index is 0.0269. The summed E-state index contributed by atoms with van der Waals surface area (Å²) in [5.41, 5.74) is 5.88. The zero-order valence-electron chi connectivity index (χ0n) is 10.5. The smallest absolute Gasteiger partial charge is 0.251 e. The molecular weight excluding hydrogens is 222 g/mol. The number of amides is 1. The molecule has 2 aromatic carbocycles. The first-order chi connectivity index (χ1) is 8.72. The van der Waals surface area contributed by atoms with Gasteiger partial charge in [0, 0.05) is 18.5 Å². The van der Waals surface area contributed by atoms with E-state index in [1.807, 2.05) is 12.1 Å². The van der Waals surface area contributed by atoms with Crippen LogP contribution in [0.15, 0.2) is 42.5 Å². The largest absolute Gasteiger partial charge is 0.355 e. The van der Waals surface area contributed by atoms with Crippen LogP contribution in [0.5, 0.6) is 0 Å². The van der Waals surface area contributed by atoms with Crippen molar-refractivity contribution in [1.29, 1.82) is 0 Å². The molecule has 1 aliphatic rings. The molecule has 0 fully saturated rings. The number of hydrogen-bond donors (Lipinski definition) is 1. The maximum Gasteiger partial charge on any atom is 0.251 e. The molecule has 0 saturated carbocycles. The molecule has 0 saturated heterocycles. The number of carbonyl (C=O) groups is 1. The van der Waals surface area contributed by atoms with Gasteiger partial charge in [0.25, 0.3) is 5.91 Å². The van der Waals surface area contributed by atoms with Gasteiger partial charge in [-0.05, 0) is 34.4 Å². The molecule has 2 aromatic rings. The Kier molecular flexibility index (Phi) is 2.44. The van der Waals surface area contributed by atoms with Crippen LogP contribution in [-0.4, -0.2) is 13.0 Å². The normalized spacial score (nSPS) is 16.0. The summed E-state index contributed by atoms with van der Waals surface area (Å²) in [5, 5.41) is 2.67. The van der Waals surface area contributed by atoms with Gasteiger partial charge in [0.2, 0.25) is 0 Å². The number of hydrogen-bond acceptors (Lipinski definition) is 1. The lowest BCUT2D eigenvalue weighted by Gasteiger charge is -2.07. The van der Waals surface area contributed by atoms with E-state index in [2.05, 4.69) is 42.6 Å². The van der Waals surface area contributed by atoms with E-state index in [-0.39, 0.29) is 5.91 Å². The summed E-state index contributed by atoms with van der Waals surface area (Å²) in [6.07, 6.45) is 0. The Morgan fingerprint density at radius 2 is 1.78 bits per heavy atom. The molecule has 2 heteroatoms. The summed E-state index contributed by atoms with van der Waals surface area (Å²) in [6.45, 7) is 2.19. The molecule has 90 valence electrons. The van der Waals surface area contributed by atoms with Gasteiger partial charge >= 0.3 is 0 Å². The second-order valence-electron chi connectivity index (χ2n) is 4.69. The maximum absolute atomic E-state index is 11.7. The molecule has 18 heavy (non-hydrogen) atoms. The van der Waals surface area contributed by atoms with E-state index >= 15 is 0 Å². The molecule has 0 spiro atoms. The highest BCUT2D eigenvalue weighted by molar-refractivity contribution is 5.95. The lowest BCUT2D eigenvalue weighted by atomic mass is 9.98. The highest BCUT2D eigenvalue weighted by Gasteiger charge is 2.25. The van der Waals surface area contributed by atoms with Gasteiger partial charge in [-0.25, -0.2) is 0 Å². The Balaban J connectivity index is 2.16. The van der Waals surface area contributed by atoms with E-state index in [0.717, 1.165) is 5.56 Å². The fraction of sp³-hybridized carbons (Fsp3) is 0.188. The molecule has 0 aliphatic heterocycles. The third-order valence-electron chi connectivity index (χ3n) is 3.72. The van der Waals surface area contributed by atoms with Crippen molar-refractivity contribution in [3.8, 4) is 11.1 Å². The average molecular weight is 237 g/mol. The molecule has 0 aromatic heterocycles. The van der Waals surface area contributed by atoms with Crippen LogP contribution in [0.3, 0.4) is 0 Å². The van der Waals surface area contributed by atoms with E-state index in [1.165, 1.54) is 22.3 Å². The second kappa shape index (κ2) is 3.98. The van der Waals surface area contributed by atoms with Crippen molar-refractivity contribution in [1.82, 2.24) is 5.32 Å². The van der Waals surface area contributed by atoms with Crippen LogP contribution >= 0.6 is 0 Å². The van der Waals surface area contributed by atoms with Gasteiger partial charge < -0.3 is 5.32 Å². The van der Waals surface area contributed by atoms with E-state index < -0.39 is 0 Å². The molecular formula is C16H15NO. The highest BCUT2D eigenvalue weighted by atomic mass is 16.1. The zero-order valence-corrected chi connectivity index (χ0v) is 10.5. The van der Waals surface area contributed by atoms with Crippen LogP contribution in [-0.2, 0) is 0 Å². The van der Waals surface area contributed by atoms with Crippen molar-refractivity contribution in [3.63, 3.8) is 0 Å². The van der Waals surface area contributed by atoms with E-state index in [4.69, 9.17) is 0 Å². The lowest BCUT2D eigenvalue weighted by Crippen LogP contribution is -2.17. The number of nitrogens with one attached hydrogen (secondary N) is 1. The Bertz CT molecular complexity index is 631. The molecule has 1 N–H and O–H groups in total. The number of fused-ring (bicyclic) bond motifs is 3. The van der Waals surface area contributed by atoms with Gasteiger partial charge in [0.15, 0.2) is 0 Å². The van der Waals surface area contributed by atoms with E-state index in [9.17, 15) is 4.79 Å². The fourth-order valence-electron chi connectivity index (χ4n) is 2.74. The predicted molar refractivity (Wildman–Crippen MR) is 72.8 cm³/mol. The molecule has 1 atom stereocenters. The van der Waals surface area contributed by atoms with Gasteiger partial charge in [0.1, 0.15) is 0 Å². The molecule has 1 unspecified atom stereocenters. The minimum Gasteiger partial charge on any atom is -0.355 e. The molecule has 1 aliphatic carbocycles. The van der Waals surface area contributed by atoms with E-state index in [1.54, 1.807) is 7.05 Å². The second-order valence-corrected chi connectivity index (χ2v) is 4.69. The van der Waals surface area contributed by atoms with Crippen LogP contribution < -0.4 is 5.32 Å². The molecule has 2 nitrogen and oxygen atoms in total. The van der Waals surface area contributed by atoms with Crippen molar-refractivity contribution < 1.29 is 4.79 Å². The highest BCUT2D eigenvalue weighted by Crippen LogP contribution is 2.44. The summed E-state index contributed by atoms with van der Waals surface area (Å²) in [4.78, 5) is 11.7. The summed E-state index contributed by atoms with van der Waals surface area (Å²) in [6, 6.07) is 14.4. The Morgan fingerprint density at radius 3 is 2.56 bits per heavy atom. The van der Waals surface area contributed by atoms with Gasteiger partial charge in [-0.1, -0.05) is 37.3 Å². The summed E-state index contributed by atoms with van der Waals surface area (Å²) < 4.78 is 0. The number of benzene rings is 2. The summed E-state index contributed by atoms with van der Waals surface area (Å²) in [7, 11) is 1.66. The topological polar surface area (TPSA) is 29.1 Å². The average Bonchev–Trinajstić information content (AvgIpc) is 2.72. The molecule has 0 bridgehead atoms. The van der Waals surface area contributed by atoms with Gasteiger partial charge in [0.05, 0.1) is 0 Å². The monoisotopic (exact) mass is 237 g/mol. The molecule has 0 radical (unpaired) electrons. The van der Waals surface area contributed by atoms with Crippen LogP contribution in [0.1, 0.15) is 34.3 Å². The van der Waals surface area contributed by atoms with Crippen molar-refractivity contribution >= 4 is 5.91 Å². The maximum atomic E-state index is 11.7. The Labute approximate surface area is 107 Å². The molecule has 3 rings (SSSR count). The van der Waals surface area contributed by atoms with Crippen LogP contribution in [0, 0.1) is 0 Å². The first-order valence-corrected chi connectivity index (χ1v) is 6.17. The standard InChI is InChI=1S/C16H15NO/c1-10-12-5-3-4-6-13(12)14-8-7-11(9-15(10)14)16(18)17-2/h3-10H,1-2H3,(H,17,18). The Hall–Kier alpha value is -2.09. The summed E-state index contributed by atoms with van der Waals surface area (Å²) >= 11 is 0. The van der Waals surface area contributed by atoms with Crippen LogP contribution in [0.2, 0.25) is 0 Å². The SMILES string of the molecule is CNC(=O)c1ccc2c(c1)C(C)c1ccccc1-2. The third kappa shape index (κ3) is 1.46. The first-order valence-electron chi connectivity index (χ1n) is 6.17. The van der Waals surface area contributed by atoms with Crippen molar-refractivity contribution in [2.75, 3.05) is 7.05 Å². The van der Waals surface area contributed by atoms with Gasteiger partial charge in [-0.3, -0.25) is 4.79 Å². The zero-order chi connectivity index (χ0) is 12.7. The van der Waals surface area contributed by atoms with E-state index in [0.29, 0.717) is 5.92 Å². The van der Waals surface area contributed by atoms with Crippen molar-refractivity contribution in [3.05, 3.63) is 59.2 Å². The van der Waals surface area contributed by atoms with Crippen LogP contribution in [0.25, 0.3) is 11.1 Å². The number of rotatable bonds is 1. The quantitative estimate of drug-likeness (QED) is 0.811. The van der Waals surface area contributed by atoms with Gasteiger partial charge in [-0.2, -0.15) is 0 Å². The van der Waals surface area contributed by atoms with Crippen LogP contribution in [0.4, 0.5) is 0 Å². The fourth-order valence-corrected chi connectivity index (χ4v) is 2.74.